The highest BCUT2D eigenvalue weighted by molar-refractivity contribution is 6.31. The number of nitrogens with zero attached hydrogens (tertiary/aromatic N) is 4. The molecule has 1 aromatic carbocycles. The Bertz CT molecular complexity index is 686. The summed E-state index contributed by atoms with van der Waals surface area (Å²) in [4.78, 5) is 4.33. The summed E-state index contributed by atoms with van der Waals surface area (Å²) in [6.45, 7) is 1.65. The number of aryl methyl sites for hydroxylation is 2. The zero-order valence-corrected chi connectivity index (χ0v) is 11.1. The first kappa shape index (κ1) is 12.0. The molecule has 0 saturated carbocycles. The molecular formula is C13H14ClN5. The summed E-state index contributed by atoms with van der Waals surface area (Å²) in [7, 11) is 0. The van der Waals surface area contributed by atoms with Crippen molar-refractivity contribution in [2.24, 2.45) is 0 Å². The number of nitrogen functional groups attached to an aromatic ring is 1. The van der Waals surface area contributed by atoms with Gasteiger partial charge in [-0.25, -0.2) is 4.98 Å². The van der Waals surface area contributed by atoms with Crippen LogP contribution in [0.1, 0.15) is 6.42 Å². The van der Waals surface area contributed by atoms with Gasteiger partial charge in [-0.2, -0.15) is 5.10 Å². The molecule has 0 spiro atoms. The van der Waals surface area contributed by atoms with Gasteiger partial charge in [0.1, 0.15) is 0 Å². The summed E-state index contributed by atoms with van der Waals surface area (Å²) in [5.41, 5.74) is 7.80. The molecule has 3 aromatic rings. The molecule has 2 heterocycles. The summed E-state index contributed by atoms with van der Waals surface area (Å²) in [6, 6.07) is 7.53. The first-order valence-corrected chi connectivity index (χ1v) is 6.50. The zero-order valence-electron chi connectivity index (χ0n) is 10.3. The monoisotopic (exact) mass is 275 g/mol. The van der Waals surface area contributed by atoms with Crippen molar-refractivity contribution in [3.8, 4) is 0 Å². The number of rotatable bonds is 4. The number of benzene rings is 1. The second-order valence-electron chi connectivity index (χ2n) is 4.38. The van der Waals surface area contributed by atoms with Crippen LogP contribution < -0.4 is 5.73 Å². The quantitative estimate of drug-likeness (QED) is 0.796. The van der Waals surface area contributed by atoms with Crippen molar-refractivity contribution in [2.75, 3.05) is 5.73 Å². The number of anilines is 1. The molecule has 0 unspecified atom stereocenters. The normalized spacial score (nSPS) is 11.2. The molecule has 0 amide bonds. The van der Waals surface area contributed by atoms with Gasteiger partial charge in [0.05, 0.1) is 11.0 Å². The van der Waals surface area contributed by atoms with Crippen LogP contribution in [0.15, 0.2) is 36.7 Å². The van der Waals surface area contributed by atoms with E-state index in [1.165, 1.54) is 0 Å². The van der Waals surface area contributed by atoms with E-state index in [0.717, 1.165) is 30.5 Å². The summed E-state index contributed by atoms with van der Waals surface area (Å²) in [6.07, 6.45) is 4.66. The van der Waals surface area contributed by atoms with Crippen LogP contribution in [0, 0.1) is 0 Å². The van der Waals surface area contributed by atoms with Gasteiger partial charge in [-0.3, -0.25) is 4.68 Å². The molecule has 0 atom stereocenters. The zero-order chi connectivity index (χ0) is 13.2. The highest BCUT2D eigenvalue weighted by Crippen LogP contribution is 2.22. The summed E-state index contributed by atoms with van der Waals surface area (Å²) >= 11 is 6.02. The van der Waals surface area contributed by atoms with E-state index in [1.807, 2.05) is 39.7 Å². The van der Waals surface area contributed by atoms with E-state index in [2.05, 4.69) is 10.1 Å². The highest BCUT2D eigenvalue weighted by atomic mass is 35.5. The van der Waals surface area contributed by atoms with Gasteiger partial charge < -0.3 is 10.3 Å². The minimum Gasteiger partial charge on any atom is -0.369 e. The van der Waals surface area contributed by atoms with Gasteiger partial charge in [-0.1, -0.05) is 11.6 Å². The number of fused-ring (bicyclic) bond motifs is 1. The Morgan fingerprint density at radius 2 is 2.16 bits per heavy atom. The Balaban J connectivity index is 1.80. The lowest BCUT2D eigenvalue weighted by atomic mass is 10.3. The fraction of sp³-hybridized carbons (Fsp3) is 0.231. The molecule has 6 heteroatoms. The van der Waals surface area contributed by atoms with Crippen molar-refractivity contribution in [3.63, 3.8) is 0 Å². The molecule has 0 bridgehead atoms. The van der Waals surface area contributed by atoms with Crippen LogP contribution in [0.3, 0.4) is 0 Å². The topological polar surface area (TPSA) is 61.7 Å². The highest BCUT2D eigenvalue weighted by Gasteiger charge is 2.08. The van der Waals surface area contributed by atoms with Crippen molar-refractivity contribution in [2.45, 2.75) is 19.5 Å². The Hall–Kier alpha value is -2.01. The average Bonchev–Trinajstić information content (AvgIpc) is 2.99. The van der Waals surface area contributed by atoms with E-state index >= 15 is 0 Å². The fourth-order valence-electron chi connectivity index (χ4n) is 2.17. The number of hydrogen-bond acceptors (Lipinski definition) is 3. The predicted molar refractivity (Wildman–Crippen MR) is 76.0 cm³/mol. The second kappa shape index (κ2) is 4.93. The SMILES string of the molecule is Nc1nc2ccc(Cl)cc2n1CCCn1cccn1. The van der Waals surface area contributed by atoms with E-state index in [9.17, 15) is 0 Å². The molecule has 2 aromatic heterocycles. The Kier molecular flexibility index (Phi) is 3.13. The van der Waals surface area contributed by atoms with Crippen molar-refractivity contribution in [1.82, 2.24) is 19.3 Å². The molecule has 0 aliphatic heterocycles. The second-order valence-corrected chi connectivity index (χ2v) is 4.81. The smallest absolute Gasteiger partial charge is 0.201 e. The van der Waals surface area contributed by atoms with Gasteiger partial charge in [0.15, 0.2) is 0 Å². The number of hydrogen-bond donors (Lipinski definition) is 1. The molecule has 0 aliphatic carbocycles. The fourth-order valence-corrected chi connectivity index (χ4v) is 2.34. The molecule has 0 aliphatic rings. The molecule has 3 rings (SSSR count). The van der Waals surface area contributed by atoms with Crippen molar-refractivity contribution < 1.29 is 0 Å². The van der Waals surface area contributed by atoms with Crippen molar-refractivity contribution in [1.29, 1.82) is 0 Å². The summed E-state index contributed by atoms with van der Waals surface area (Å²) in [5, 5.41) is 4.87. The van der Waals surface area contributed by atoms with Gasteiger partial charge in [0.25, 0.3) is 0 Å². The predicted octanol–water partition coefficient (Wildman–Crippen LogP) is 2.56. The third kappa shape index (κ3) is 2.42. The van der Waals surface area contributed by atoms with Gasteiger partial charge in [0.2, 0.25) is 5.95 Å². The lowest BCUT2D eigenvalue weighted by Crippen LogP contribution is -2.07. The van der Waals surface area contributed by atoms with Crippen LogP contribution in [0.4, 0.5) is 5.95 Å². The molecule has 2 N–H and O–H groups in total. The lowest BCUT2D eigenvalue weighted by Gasteiger charge is -2.06. The lowest BCUT2D eigenvalue weighted by molar-refractivity contribution is 0.535. The van der Waals surface area contributed by atoms with Gasteiger partial charge >= 0.3 is 0 Å². The minimum atomic E-state index is 0.526. The van der Waals surface area contributed by atoms with E-state index in [1.54, 1.807) is 6.20 Å². The number of nitrogens with two attached hydrogens (primary N) is 1. The molecule has 19 heavy (non-hydrogen) atoms. The number of aromatic nitrogens is 4. The van der Waals surface area contributed by atoms with Crippen LogP contribution in [0.5, 0.6) is 0 Å². The molecular weight excluding hydrogens is 262 g/mol. The van der Waals surface area contributed by atoms with Gasteiger partial charge in [0, 0.05) is 30.5 Å². The maximum atomic E-state index is 6.02. The largest absolute Gasteiger partial charge is 0.369 e. The van der Waals surface area contributed by atoms with Crippen molar-refractivity contribution in [3.05, 3.63) is 41.7 Å². The van der Waals surface area contributed by atoms with Gasteiger partial charge in [-0.05, 0) is 30.7 Å². The molecule has 98 valence electrons. The summed E-state index contributed by atoms with van der Waals surface area (Å²) in [5.74, 6) is 0.526. The Labute approximate surface area is 115 Å². The number of imidazole rings is 1. The van der Waals surface area contributed by atoms with E-state index in [0.29, 0.717) is 11.0 Å². The molecule has 0 saturated heterocycles. The first-order valence-electron chi connectivity index (χ1n) is 6.13. The van der Waals surface area contributed by atoms with Crippen LogP contribution in [-0.2, 0) is 13.1 Å². The standard InChI is InChI=1S/C13H14ClN5/c14-10-3-4-11-12(9-10)19(13(15)17-11)8-2-7-18-6-1-5-16-18/h1,3-6,9H,2,7-8H2,(H2,15,17). The number of halogens is 1. The third-order valence-corrected chi connectivity index (χ3v) is 3.30. The first-order chi connectivity index (χ1) is 9.24. The molecule has 5 nitrogen and oxygen atoms in total. The van der Waals surface area contributed by atoms with Crippen LogP contribution in [-0.4, -0.2) is 19.3 Å². The van der Waals surface area contributed by atoms with E-state index in [-0.39, 0.29) is 0 Å². The third-order valence-electron chi connectivity index (χ3n) is 3.07. The van der Waals surface area contributed by atoms with Crippen molar-refractivity contribution >= 4 is 28.6 Å². The van der Waals surface area contributed by atoms with Gasteiger partial charge in [-0.15, -0.1) is 0 Å². The Morgan fingerprint density at radius 1 is 1.26 bits per heavy atom. The van der Waals surface area contributed by atoms with E-state index < -0.39 is 0 Å². The average molecular weight is 276 g/mol. The van der Waals surface area contributed by atoms with E-state index in [4.69, 9.17) is 17.3 Å². The maximum absolute atomic E-state index is 6.02. The van der Waals surface area contributed by atoms with Crippen LogP contribution in [0.2, 0.25) is 5.02 Å². The molecule has 0 radical (unpaired) electrons. The minimum absolute atomic E-state index is 0.526. The maximum Gasteiger partial charge on any atom is 0.201 e. The summed E-state index contributed by atoms with van der Waals surface area (Å²) < 4.78 is 3.90. The van der Waals surface area contributed by atoms with Crippen LogP contribution >= 0.6 is 11.6 Å². The van der Waals surface area contributed by atoms with Crippen LogP contribution in [0.25, 0.3) is 11.0 Å². The molecule has 0 fully saturated rings. The Morgan fingerprint density at radius 3 is 2.95 bits per heavy atom.